The van der Waals surface area contributed by atoms with Gasteiger partial charge in [-0.1, -0.05) is 25.8 Å². The number of H-pyrrole nitrogens is 1. The summed E-state index contributed by atoms with van der Waals surface area (Å²) in [7, 11) is 0. The van der Waals surface area contributed by atoms with Crippen LogP contribution in [0.15, 0.2) is 35.3 Å². The van der Waals surface area contributed by atoms with Crippen molar-refractivity contribution in [3.63, 3.8) is 0 Å². The van der Waals surface area contributed by atoms with Crippen molar-refractivity contribution >= 4 is 16.9 Å². The van der Waals surface area contributed by atoms with Crippen LogP contribution in [0.3, 0.4) is 0 Å². The number of carbonyl (C=O) groups is 1. The molecule has 1 fully saturated rings. The topological polar surface area (TPSA) is 74.0 Å². The Morgan fingerprint density at radius 3 is 2.91 bits per heavy atom. The zero-order chi connectivity index (χ0) is 16.2. The monoisotopic (exact) mass is 313 g/mol. The molecule has 5 nitrogen and oxygen atoms in total. The van der Waals surface area contributed by atoms with E-state index in [-0.39, 0.29) is 17.5 Å². The molecule has 122 valence electrons. The van der Waals surface area contributed by atoms with E-state index in [0.29, 0.717) is 17.8 Å². The van der Waals surface area contributed by atoms with Gasteiger partial charge in [-0.05, 0) is 36.5 Å². The van der Waals surface area contributed by atoms with Crippen LogP contribution in [0.4, 0.5) is 4.79 Å². The number of nitrogens with one attached hydrogen (secondary N) is 3. The van der Waals surface area contributed by atoms with Gasteiger partial charge in [-0.15, -0.1) is 0 Å². The molecule has 0 saturated heterocycles. The number of amides is 2. The molecule has 1 aliphatic carbocycles. The molecular weight excluding hydrogens is 290 g/mol. The van der Waals surface area contributed by atoms with E-state index in [1.807, 2.05) is 12.1 Å². The van der Waals surface area contributed by atoms with E-state index in [4.69, 9.17) is 0 Å². The number of aromatic nitrogens is 1. The van der Waals surface area contributed by atoms with E-state index in [1.54, 1.807) is 12.3 Å². The van der Waals surface area contributed by atoms with Crippen LogP contribution in [-0.2, 0) is 6.54 Å². The fourth-order valence-electron chi connectivity index (χ4n) is 3.27. The summed E-state index contributed by atoms with van der Waals surface area (Å²) in [6.07, 6.45) is 6.33. The SMILES string of the molecule is CC1CCCCC1NC(=O)NCc1ccc2c(=O)cc[nH]c2c1. The van der Waals surface area contributed by atoms with Crippen LogP contribution in [0.25, 0.3) is 10.9 Å². The van der Waals surface area contributed by atoms with Crippen molar-refractivity contribution in [2.75, 3.05) is 0 Å². The van der Waals surface area contributed by atoms with Gasteiger partial charge in [0.15, 0.2) is 5.43 Å². The third-order valence-electron chi connectivity index (χ3n) is 4.70. The van der Waals surface area contributed by atoms with Gasteiger partial charge < -0.3 is 15.6 Å². The highest BCUT2D eigenvalue weighted by molar-refractivity contribution is 5.79. The fourth-order valence-corrected chi connectivity index (χ4v) is 3.27. The van der Waals surface area contributed by atoms with Gasteiger partial charge in [0, 0.05) is 35.8 Å². The molecular formula is C18H23N3O2. The summed E-state index contributed by atoms with van der Waals surface area (Å²) in [6.45, 7) is 2.64. The first-order valence-electron chi connectivity index (χ1n) is 8.28. The molecule has 1 aromatic heterocycles. The van der Waals surface area contributed by atoms with E-state index >= 15 is 0 Å². The zero-order valence-electron chi connectivity index (χ0n) is 13.4. The van der Waals surface area contributed by atoms with E-state index in [0.717, 1.165) is 17.5 Å². The molecule has 2 amide bonds. The lowest BCUT2D eigenvalue weighted by molar-refractivity contribution is 0.221. The van der Waals surface area contributed by atoms with Gasteiger partial charge >= 0.3 is 6.03 Å². The third kappa shape index (κ3) is 3.73. The summed E-state index contributed by atoms with van der Waals surface area (Å²) in [4.78, 5) is 26.8. The molecule has 1 aliphatic rings. The van der Waals surface area contributed by atoms with Gasteiger partial charge in [0.25, 0.3) is 0 Å². The van der Waals surface area contributed by atoms with E-state index in [9.17, 15) is 9.59 Å². The average molecular weight is 313 g/mol. The van der Waals surface area contributed by atoms with Crippen molar-refractivity contribution in [1.82, 2.24) is 15.6 Å². The highest BCUT2D eigenvalue weighted by atomic mass is 16.2. The second kappa shape index (κ2) is 6.86. The van der Waals surface area contributed by atoms with E-state index in [1.165, 1.54) is 25.3 Å². The van der Waals surface area contributed by atoms with Crippen molar-refractivity contribution in [2.24, 2.45) is 5.92 Å². The number of aromatic amines is 1. The van der Waals surface area contributed by atoms with Crippen LogP contribution < -0.4 is 16.1 Å². The van der Waals surface area contributed by atoms with Crippen LogP contribution in [0.1, 0.15) is 38.2 Å². The fraction of sp³-hybridized carbons (Fsp3) is 0.444. The van der Waals surface area contributed by atoms with Crippen molar-refractivity contribution in [3.8, 4) is 0 Å². The number of rotatable bonds is 3. The predicted octanol–water partition coefficient (Wildman–Crippen LogP) is 2.91. The first-order valence-corrected chi connectivity index (χ1v) is 8.28. The van der Waals surface area contributed by atoms with Crippen LogP contribution in [-0.4, -0.2) is 17.1 Å². The molecule has 23 heavy (non-hydrogen) atoms. The van der Waals surface area contributed by atoms with Crippen LogP contribution in [0.5, 0.6) is 0 Å². The molecule has 0 aliphatic heterocycles. The Kier molecular flexibility index (Phi) is 4.65. The van der Waals surface area contributed by atoms with Crippen molar-refractivity contribution in [3.05, 3.63) is 46.2 Å². The molecule has 1 heterocycles. The summed E-state index contributed by atoms with van der Waals surface area (Å²) in [5.41, 5.74) is 1.76. The third-order valence-corrected chi connectivity index (χ3v) is 4.70. The summed E-state index contributed by atoms with van der Waals surface area (Å²) in [5.74, 6) is 0.542. The lowest BCUT2D eigenvalue weighted by Gasteiger charge is -2.29. The molecule has 3 N–H and O–H groups in total. The number of hydrogen-bond donors (Lipinski definition) is 3. The normalized spacial score (nSPS) is 21.1. The lowest BCUT2D eigenvalue weighted by atomic mass is 9.86. The quantitative estimate of drug-likeness (QED) is 0.815. The molecule has 1 aromatic carbocycles. The molecule has 0 spiro atoms. The first kappa shape index (κ1) is 15.6. The van der Waals surface area contributed by atoms with Crippen molar-refractivity contribution in [1.29, 1.82) is 0 Å². The number of hydrogen-bond acceptors (Lipinski definition) is 2. The van der Waals surface area contributed by atoms with Gasteiger partial charge in [-0.3, -0.25) is 4.79 Å². The maximum Gasteiger partial charge on any atom is 0.315 e. The molecule has 5 heteroatoms. The Bertz CT molecular complexity index is 753. The number of urea groups is 1. The standard InChI is InChI=1S/C18H23N3O2/c1-12-4-2-3-5-15(12)21-18(23)20-11-13-6-7-14-16(10-13)19-9-8-17(14)22/h6-10,12,15H,2-5,11H2,1H3,(H,19,22)(H2,20,21,23). The van der Waals surface area contributed by atoms with Crippen LogP contribution >= 0.6 is 0 Å². The smallest absolute Gasteiger partial charge is 0.315 e. The molecule has 0 radical (unpaired) electrons. The maximum atomic E-state index is 12.1. The highest BCUT2D eigenvalue weighted by Gasteiger charge is 2.22. The van der Waals surface area contributed by atoms with Crippen LogP contribution in [0, 0.1) is 5.92 Å². The minimum absolute atomic E-state index is 0.00212. The number of carbonyl (C=O) groups excluding carboxylic acids is 1. The lowest BCUT2D eigenvalue weighted by Crippen LogP contribution is -2.45. The Morgan fingerprint density at radius 1 is 1.26 bits per heavy atom. The summed E-state index contributed by atoms with van der Waals surface area (Å²) in [6, 6.07) is 7.24. The largest absolute Gasteiger partial charge is 0.361 e. The molecule has 2 unspecified atom stereocenters. The Hall–Kier alpha value is -2.30. The molecule has 2 aromatic rings. The molecule has 3 rings (SSSR count). The second-order valence-corrected chi connectivity index (χ2v) is 6.42. The van der Waals surface area contributed by atoms with Gasteiger partial charge in [-0.25, -0.2) is 4.79 Å². The Labute approximate surface area is 135 Å². The van der Waals surface area contributed by atoms with Crippen LogP contribution in [0.2, 0.25) is 0 Å². The van der Waals surface area contributed by atoms with Gasteiger partial charge in [0.2, 0.25) is 0 Å². The Balaban J connectivity index is 1.59. The van der Waals surface area contributed by atoms with Gasteiger partial charge in [-0.2, -0.15) is 0 Å². The maximum absolute atomic E-state index is 12.1. The molecule has 0 bridgehead atoms. The second-order valence-electron chi connectivity index (χ2n) is 6.42. The molecule has 1 saturated carbocycles. The number of pyridine rings is 1. The molecule has 2 atom stereocenters. The summed E-state index contributed by atoms with van der Waals surface area (Å²) in [5, 5.41) is 6.64. The average Bonchev–Trinajstić information content (AvgIpc) is 2.55. The van der Waals surface area contributed by atoms with E-state index < -0.39 is 0 Å². The summed E-state index contributed by atoms with van der Waals surface area (Å²) < 4.78 is 0. The first-order chi connectivity index (χ1) is 11.1. The number of fused-ring (bicyclic) bond motifs is 1. The number of benzene rings is 1. The van der Waals surface area contributed by atoms with E-state index in [2.05, 4.69) is 22.5 Å². The highest BCUT2D eigenvalue weighted by Crippen LogP contribution is 2.23. The van der Waals surface area contributed by atoms with Gasteiger partial charge in [0.05, 0.1) is 0 Å². The summed E-state index contributed by atoms with van der Waals surface area (Å²) >= 11 is 0. The zero-order valence-corrected chi connectivity index (χ0v) is 13.4. The van der Waals surface area contributed by atoms with Crippen molar-refractivity contribution < 1.29 is 4.79 Å². The van der Waals surface area contributed by atoms with Gasteiger partial charge in [0.1, 0.15) is 0 Å². The minimum Gasteiger partial charge on any atom is -0.361 e. The minimum atomic E-state index is -0.120. The predicted molar refractivity (Wildman–Crippen MR) is 91.4 cm³/mol. The van der Waals surface area contributed by atoms with Crippen molar-refractivity contribution in [2.45, 2.75) is 45.2 Å². The Morgan fingerprint density at radius 2 is 2.09 bits per heavy atom.